The van der Waals surface area contributed by atoms with E-state index in [1.165, 1.54) is 28.0 Å². The Bertz CT molecular complexity index is 1740. The normalized spacial score (nSPS) is 21.0. The number of halogens is 2. The minimum Gasteiger partial charge on any atom is -0.384 e. The zero-order valence-electron chi connectivity index (χ0n) is 23.3. The van der Waals surface area contributed by atoms with E-state index in [9.17, 15) is 18.4 Å². The van der Waals surface area contributed by atoms with E-state index >= 15 is 0 Å². The molecule has 6 rings (SSSR count). The van der Waals surface area contributed by atoms with Crippen LogP contribution >= 0.6 is 11.3 Å². The second-order valence-corrected chi connectivity index (χ2v) is 12.5. The molecule has 3 aromatic rings. The summed E-state index contributed by atoms with van der Waals surface area (Å²) >= 11 is 1.50. The molecule has 1 unspecified atom stereocenters. The highest BCUT2D eigenvalue weighted by Crippen LogP contribution is 2.54. The van der Waals surface area contributed by atoms with Crippen molar-refractivity contribution >= 4 is 40.6 Å². The van der Waals surface area contributed by atoms with Gasteiger partial charge in [0.1, 0.15) is 0 Å². The van der Waals surface area contributed by atoms with Crippen molar-refractivity contribution < 1.29 is 18.4 Å². The minimum absolute atomic E-state index is 0.0729. The summed E-state index contributed by atoms with van der Waals surface area (Å²) < 4.78 is 27.6. The molecular formula is C35H29F2NO2S. The van der Waals surface area contributed by atoms with E-state index in [1.54, 1.807) is 6.08 Å². The van der Waals surface area contributed by atoms with Gasteiger partial charge in [0.25, 0.3) is 0 Å². The average Bonchev–Trinajstić information content (AvgIpc) is 3.52. The van der Waals surface area contributed by atoms with Gasteiger partial charge in [-0.15, -0.1) is 11.3 Å². The maximum Gasteiger partial charge on any atom is 0.197 e. The van der Waals surface area contributed by atoms with Crippen molar-refractivity contribution in [2.45, 2.75) is 45.6 Å². The number of hydrogen-bond donors (Lipinski definition) is 1. The second kappa shape index (κ2) is 10.0. The van der Waals surface area contributed by atoms with Gasteiger partial charge in [-0.05, 0) is 61.2 Å². The van der Waals surface area contributed by atoms with Crippen LogP contribution in [0.25, 0.3) is 17.7 Å². The number of nitrogens with one attached hydrogen (secondary N) is 1. The Balaban J connectivity index is 1.41. The average molecular weight is 566 g/mol. The summed E-state index contributed by atoms with van der Waals surface area (Å²) in [6.45, 7) is 8.51. The third kappa shape index (κ3) is 4.76. The van der Waals surface area contributed by atoms with Crippen LogP contribution in [0, 0.1) is 18.6 Å². The molecule has 1 heterocycles. The number of allylic oxidation sites excluding steroid dienone is 5. The van der Waals surface area contributed by atoms with Crippen molar-refractivity contribution in [2.75, 3.05) is 0 Å². The van der Waals surface area contributed by atoms with Gasteiger partial charge in [-0.25, -0.2) is 8.78 Å². The van der Waals surface area contributed by atoms with Crippen LogP contribution in [0.5, 0.6) is 0 Å². The number of hydrogen-bond acceptors (Lipinski definition) is 4. The molecule has 1 atom stereocenters. The lowest BCUT2D eigenvalue weighted by molar-refractivity contribution is 0.0990. The molecule has 41 heavy (non-hydrogen) atoms. The summed E-state index contributed by atoms with van der Waals surface area (Å²) in [5.74, 6) is -3.45. The lowest BCUT2D eigenvalue weighted by Gasteiger charge is -2.22. The molecule has 1 N–H and O–H groups in total. The highest BCUT2D eigenvalue weighted by Gasteiger charge is 2.41. The molecule has 0 saturated heterocycles. The largest absolute Gasteiger partial charge is 0.384 e. The van der Waals surface area contributed by atoms with Crippen molar-refractivity contribution in [2.24, 2.45) is 0 Å². The summed E-state index contributed by atoms with van der Waals surface area (Å²) in [7, 11) is 0. The van der Waals surface area contributed by atoms with Crippen LogP contribution in [0.2, 0.25) is 0 Å². The van der Waals surface area contributed by atoms with E-state index in [-0.39, 0.29) is 28.2 Å². The third-order valence-electron chi connectivity index (χ3n) is 8.07. The molecule has 3 aliphatic rings. The van der Waals surface area contributed by atoms with Crippen LogP contribution in [0.15, 0.2) is 83.6 Å². The second-order valence-electron chi connectivity index (χ2n) is 11.4. The molecule has 6 heteroatoms. The topological polar surface area (TPSA) is 46.2 Å². The number of fused-ring (bicyclic) bond motifs is 2. The Morgan fingerprint density at radius 3 is 2.20 bits per heavy atom. The monoisotopic (exact) mass is 565 g/mol. The fourth-order valence-corrected chi connectivity index (χ4v) is 6.90. The molecule has 206 valence electrons. The van der Waals surface area contributed by atoms with Gasteiger partial charge in [0.05, 0.1) is 5.57 Å². The van der Waals surface area contributed by atoms with Gasteiger partial charge in [0.2, 0.25) is 0 Å². The number of benzene rings is 2. The quantitative estimate of drug-likeness (QED) is 0.255. The van der Waals surface area contributed by atoms with Gasteiger partial charge in [0, 0.05) is 44.1 Å². The first kappa shape index (κ1) is 27.0. The Hall–Kier alpha value is -4.16. The Kier molecular flexibility index (Phi) is 6.62. The molecule has 0 fully saturated rings. The van der Waals surface area contributed by atoms with Crippen molar-refractivity contribution in [3.05, 3.63) is 133 Å². The summed E-state index contributed by atoms with van der Waals surface area (Å²) in [5, 5.41) is 3.58. The molecule has 0 amide bonds. The van der Waals surface area contributed by atoms with Crippen LogP contribution in [0.3, 0.4) is 0 Å². The molecule has 0 spiro atoms. The Morgan fingerprint density at radius 1 is 0.927 bits per heavy atom. The molecule has 0 radical (unpaired) electrons. The summed E-state index contributed by atoms with van der Waals surface area (Å²) in [6, 6.07) is 12.3. The first-order valence-electron chi connectivity index (χ1n) is 13.6. The number of aryl methyl sites for hydroxylation is 1. The number of rotatable bonds is 4. The SMILES string of the molecule is CC1=CCC(N/C=C2\C(=C/c3ccc(C)cc3)C(C)(C)c3cc(C=C4C(=O)c5cc(F)c(F)cc5C4=O)sc32)C=C1. The van der Waals surface area contributed by atoms with Gasteiger partial charge in [-0.3, -0.25) is 9.59 Å². The summed E-state index contributed by atoms with van der Waals surface area (Å²) in [5.41, 5.74) is 6.28. The van der Waals surface area contributed by atoms with Gasteiger partial charge in [-0.2, -0.15) is 0 Å². The number of Topliss-reactive ketones (excluding diaryl/α,β-unsaturated/α-hetero) is 2. The number of thiophene rings is 1. The standard InChI is InChI=1S/C35H29F2NO2S/c1-19-5-9-21(10-6-19)13-28-27(18-38-22-11-7-20(2)8-12-22)34-29(35(28,3)4)15-23(41-34)14-26-32(39)24-16-30(36)31(37)17-25(24)33(26)40/h5-11,13-18,22,38H,12H2,1-4H3/b27-18+,28-13+. The smallest absolute Gasteiger partial charge is 0.197 e. The minimum atomic E-state index is -1.14. The predicted octanol–water partition coefficient (Wildman–Crippen LogP) is 8.38. The van der Waals surface area contributed by atoms with Crippen molar-refractivity contribution in [3.8, 4) is 0 Å². The maximum absolute atomic E-state index is 13.8. The molecule has 1 aromatic heterocycles. The van der Waals surface area contributed by atoms with Crippen LogP contribution in [0.4, 0.5) is 8.78 Å². The number of carbonyl (C=O) groups is 2. The Labute approximate surface area is 242 Å². The van der Waals surface area contributed by atoms with E-state index in [2.05, 4.69) is 87.8 Å². The summed E-state index contributed by atoms with van der Waals surface area (Å²) in [6.07, 6.45) is 13.3. The van der Waals surface area contributed by atoms with Crippen molar-refractivity contribution in [1.29, 1.82) is 0 Å². The number of ketones is 2. The zero-order valence-corrected chi connectivity index (χ0v) is 24.1. The van der Waals surface area contributed by atoms with Crippen LogP contribution in [-0.4, -0.2) is 17.6 Å². The lowest BCUT2D eigenvalue weighted by Crippen LogP contribution is -2.23. The molecular weight excluding hydrogens is 536 g/mol. The summed E-state index contributed by atoms with van der Waals surface area (Å²) in [4.78, 5) is 27.8. The van der Waals surface area contributed by atoms with Crippen molar-refractivity contribution in [3.63, 3.8) is 0 Å². The molecule has 3 aliphatic carbocycles. The Morgan fingerprint density at radius 2 is 1.59 bits per heavy atom. The first-order chi connectivity index (χ1) is 19.5. The fraction of sp³-hybridized carbons (Fsp3) is 0.200. The van der Waals surface area contributed by atoms with E-state index in [0.29, 0.717) is 0 Å². The molecule has 3 nitrogen and oxygen atoms in total. The van der Waals surface area contributed by atoms with Crippen molar-refractivity contribution in [1.82, 2.24) is 5.32 Å². The molecule has 0 bridgehead atoms. The third-order valence-corrected chi connectivity index (χ3v) is 9.19. The zero-order chi connectivity index (χ0) is 29.1. The molecule has 0 saturated carbocycles. The first-order valence-corrected chi connectivity index (χ1v) is 14.4. The maximum atomic E-state index is 13.8. The van der Waals surface area contributed by atoms with E-state index < -0.39 is 23.2 Å². The van der Waals surface area contributed by atoms with Gasteiger partial charge in [-0.1, -0.05) is 73.6 Å². The lowest BCUT2D eigenvalue weighted by atomic mass is 9.81. The highest BCUT2D eigenvalue weighted by molar-refractivity contribution is 7.14. The molecule has 0 aliphatic heterocycles. The van der Waals surface area contributed by atoms with Gasteiger partial charge < -0.3 is 5.32 Å². The van der Waals surface area contributed by atoms with E-state index in [0.717, 1.165) is 45.0 Å². The highest BCUT2D eigenvalue weighted by atomic mass is 32.1. The molecule has 2 aromatic carbocycles. The van der Waals surface area contributed by atoms with E-state index in [4.69, 9.17) is 0 Å². The van der Waals surface area contributed by atoms with Crippen LogP contribution in [-0.2, 0) is 5.41 Å². The van der Waals surface area contributed by atoms with Crippen LogP contribution in [0.1, 0.15) is 74.4 Å². The fourth-order valence-electron chi connectivity index (χ4n) is 5.61. The number of carbonyl (C=O) groups excluding carboxylic acids is 2. The van der Waals surface area contributed by atoms with Crippen LogP contribution < -0.4 is 5.32 Å². The van der Waals surface area contributed by atoms with Gasteiger partial charge in [0.15, 0.2) is 23.2 Å². The van der Waals surface area contributed by atoms with E-state index in [1.807, 2.05) is 6.07 Å². The van der Waals surface area contributed by atoms with Gasteiger partial charge >= 0.3 is 0 Å². The predicted molar refractivity (Wildman–Crippen MR) is 162 cm³/mol.